The molecule has 0 aliphatic carbocycles. The van der Waals surface area contributed by atoms with Crippen molar-refractivity contribution in [3.05, 3.63) is 29.8 Å². The van der Waals surface area contributed by atoms with Crippen molar-refractivity contribution in [2.45, 2.75) is 50.0 Å². The Morgan fingerprint density at radius 1 is 0.935 bits per heavy atom. The fraction of sp³-hybridized carbons (Fsp3) is 0.619. The van der Waals surface area contributed by atoms with Crippen LogP contribution in [0.1, 0.15) is 38.7 Å². The molecule has 0 saturated carbocycles. The minimum Gasteiger partial charge on any atom is -0.469 e. The predicted molar refractivity (Wildman–Crippen MR) is 114 cm³/mol. The highest BCUT2D eigenvalue weighted by Crippen LogP contribution is 2.16. The third-order valence-electron chi connectivity index (χ3n) is 4.35. The van der Waals surface area contributed by atoms with Gasteiger partial charge in [-0.2, -0.15) is 0 Å². The van der Waals surface area contributed by atoms with Crippen LogP contribution < -0.4 is 4.72 Å². The molecule has 9 nitrogen and oxygen atoms in total. The molecule has 0 aliphatic heterocycles. The first kappa shape index (κ1) is 27.0. The lowest BCUT2D eigenvalue weighted by molar-refractivity contribution is -0.142. The van der Waals surface area contributed by atoms with Crippen molar-refractivity contribution in [1.82, 2.24) is 4.72 Å². The van der Waals surface area contributed by atoms with Crippen molar-refractivity contribution in [3.63, 3.8) is 0 Å². The Labute approximate surface area is 184 Å². The number of hydrogen-bond donors (Lipinski definition) is 1. The van der Waals surface area contributed by atoms with E-state index in [1.807, 2.05) is 0 Å². The first-order chi connectivity index (χ1) is 14.7. The number of aryl methyl sites for hydroxylation is 1. The number of nitrogens with one attached hydrogen (secondary N) is 1. The lowest BCUT2D eigenvalue weighted by Gasteiger charge is -2.30. The van der Waals surface area contributed by atoms with Gasteiger partial charge in [0.05, 0.1) is 63.9 Å². The molecule has 0 aromatic heterocycles. The monoisotopic (exact) mass is 459 g/mol. The van der Waals surface area contributed by atoms with Gasteiger partial charge in [-0.3, -0.25) is 9.59 Å². The number of carbonyl (C=O) groups excluding carboxylic acids is 2. The number of rotatable bonds is 15. The molecule has 31 heavy (non-hydrogen) atoms. The Bertz CT molecular complexity index is 768. The molecule has 1 rings (SSSR count). The third-order valence-corrected chi connectivity index (χ3v) is 6.01. The predicted octanol–water partition coefficient (Wildman–Crippen LogP) is 1.84. The van der Waals surface area contributed by atoms with E-state index in [2.05, 4.69) is 21.1 Å². The number of carbonyl (C=O) groups is 2. The van der Waals surface area contributed by atoms with Crippen molar-refractivity contribution in [1.29, 1.82) is 0 Å². The van der Waals surface area contributed by atoms with E-state index in [1.54, 1.807) is 31.2 Å². The van der Waals surface area contributed by atoms with Gasteiger partial charge in [0, 0.05) is 0 Å². The third kappa shape index (κ3) is 10.2. The van der Waals surface area contributed by atoms with Crippen molar-refractivity contribution >= 4 is 22.0 Å². The summed E-state index contributed by atoms with van der Waals surface area (Å²) in [4.78, 5) is 22.6. The molecule has 1 aromatic rings. The molecule has 0 radical (unpaired) electrons. The molecule has 0 amide bonds. The average molecular weight is 460 g/mol. The first-order valence-corrected chi connectivity index (χ1v) is 11.6. The lowest BCUT2D eigenvalue weighted by atomic mass is 10.1. The van der Waals surface area contributed by atoms with E-state index >= 15 is 0 Å². The largest absolute Gasteiger partial charge is 0.469 e. The number of methoxy groups -OCH3 is 2. The van der Waals surface area contributed by atoms with Gasteiger partial charge in [0.15, 0.2) is 0 Å². The molecule has 0 bridgehead atoms. The molecule has 0 heterocycles. The van der Waals surface area contributed by atoms with Crippen molar-refractivity contribution in [2.75, 3.05) is 40.6 Å². The highest BCUT2D eigenvalue weighted by molar-refractivity contribution is 7.89. The Balaban J connectivity index is 2.83. The fourth-order valence-electron chi connectivity index (χ4n) is 2.72. The molecule has 0 saturated heterocycles. The van der Waals surface area contributed by atoms with Crippen LogP contribution in [0.25, 0.3) is 0 Å². The van der Waals surface area contributed by atoms with Crippen LogP contribution in [0.2, 0.25) is 0 Å². The van der Waals surface area contributed by atoms with Gasteiger partial charge < -0.3 is 18.9 Å². The summed E-state index contributed by atoms with van der Waals surface area (Å²) in [5, 5.41) is 0. The van der Waals surface area contributed by atoms with Crippen LogP contribution in [0.15, 0.2) is 29.2 Å². The average Bonchev–Trinajstić information content (AvgIpc) is 2.74. The van der Waals surface area contributed by atoms with E-state index in [1.165, 1.54) is 14.2 Å². The van der Waals surface area contributed by atoms with E-state index in [-0.39, 0.29) is 44.2 Å². The summed E-state index contributed by atoms with van der Waals surface area (Å²) >= 11 is 0. The van der Waals surface area contributed by atoms with Gasteiger partial charge in [-0.25, -0.2) is 13.1 Å². The smallest absolute Gasteiger partial charge is 0.307 e. The van der Waals surface area contributed by atoms with Crippen LogP contribution in [0.3, 0.4) is 0 Å². The molecule has 0 atom stereocenters. The summed E-state index contributed by atoms with van der Waals surface area (Å²) in [6.07, 6.45) is 1.92. The van der Waals surface area contributed by atoms with Crippen LogP contribution in [0.5, 0.6) is 0 Å². The minimum absolute atomic E-state index is 0.0431. The molecular formula is C21H33NO8S. The number of hydrogen-bond acceptors (Lipinski definition) is 8. The fourth-order valence-corrected chi connectivity index (χ4v) is 4.10. The highest BCUT2D eigenvalue weighted by atomic mass is 32.2. The molecule has 0 fully saturated rings. The van der Waals surface area contributed by atoms with E-state index in [0.29, 0.717) is 0 Å². The Morgan fingerprint density at radius 3 is 1.84 bits per heavy atom. The lowest BCUT2D eigenvalue weighted by Crippen LogP contribution is -2.53. The summed E-state index contributed by atoms with van der Waals surface area (Å²) < 4.78 is 48.6. The summed E-state index contributed by atoms with van der Waals surface area (Å²) in [7, 11) is -1.30. The number of esters is 2. The highest BCUT2D eigenvalue weighted by Gasteiger charge is 2.32. The van der Waals surface area contributed by atoms with Crippen LogP contribution in [0, 0.1) is 0 Å². The van der Waals surface area contributed by atoms with Gasteiger partial charge in [-0.15, -0.1) is 0 Å². The molecule has 10 heteroatoms. The van der Waals surface area contributed by atoms with Gasteiger partial charge in [-0.05, 0) is 31.0 Å². The first-order valence-electron chi connectivity index (χ1n) is 10.1. The zero-order valence-electron chi connectivity index (χ0n) is 18.6. The molecule has 0 spiro atoms. The van der Waals surface area contributed by atoms with Crippen molar-refractivity contribution < 1.29 is 37.0 Å². The van der Waals surface area contributed by atoms with E-state index in [4.69, 9.17) is 9.47 Å². The van der Waals surface area contributed by atoms with Gasteiger partial charge in [0.25, 0.3) is 0 Å². The Morgan fingerprint density at radius 2 is 1.42 bits per heavy atom. The van der Waals surface area contributed by atoms with Gasteiger partial charge in [0.2, 0.25) is 10.0 Å². The maximum Gasteiger partial charge on any atom is 0.307 e. The van der Waals surface area contributed by atoms with Crippen LogP contribution in [-0.2, 0) is 45.0 Å². The Kier molecular flexibility index (Phi) is 11.7. The molecule has 176 valence electrons. The zero-order chi connectivity index (χ0) is 23.3. The van der Waals surface area contributed by atoms with Gasteiger partial charge in [0.1, 0.15) is 0 Å². The molecule has 0 aliphatic rings. The van der Waals surface area contributed by atoms with Crippen LogP contribution in [-0.4, -0.2) is 66.5 Å². The second-order valence-corrected chi connectivity index (χ2v) is 9.00. The molecule has 1 N–H and O–H groups in total. The van der Waals surface area contributed by atoms with Crippen LogP contribution in [0.4, 0.5) is 0 Å². The van der Waals surface area contributed by atoms with Crippen LogP contribution >= 0.6 is 0 Å². The maximum atomic E-state index is 12.9. The van der Waals surface area contributed by atoms with Crippen molar-refractivity contribution in [3.8, 4) is 0 Å². The van der Waals surface area contributed by atoms with Gasteiger partial charge in [-0.1, -0.05) is 25.5 Å². The Hall–Kier alpha value is -2.01. The summed E-state index contributed by atoms with van der Waals surface area (Å²) in [6.45, 7) is 3.73. The zero-order valence-corrected chi connectivity index (χ0v) is 19.5. The molecule has 1 aromatic carbocycles. The minimum atomic E-state index is -3.86. The van der Waals surface area contributed by atoms with E-state index in [9.17, 15) is 18.0 Å². The quantitative estimate of drug-likeness (QED) is 0.312. The standard InChI is InChI=1S/C21H33NO8S/c1-5-6-17-7-9-18(10-8-17)31(25,26)22-21(2,15-29-13-11-19(23)27-3)16-30-14-12-20(24)28-4/h7-10,22H,5-6,11-16H2,1-4H3. The normalized spacial score (nSPS) is 11.9. The van der Waals surface area contributed by atoms with E-state index in [0.717, 1.165) is 18.4 Å². The SMILES string of the molecule is CCCc1ccc(S(=O)(=O)NC(C)(COCCC(=O)OC)COCCC(=O)OC)cc1. The topological polar surface area (TPSA) is 117 Å². The maximum absolute atomic E-state index is 12.9. The van der Waals surface area contributed by atoms with Crippen molar-refractivity contribution in [2.24, 2.45) is 0 Å². The summed E-state index contributed by atoms with van der Waals surface area (Å²) in [6, 6.07) is 6.69. The second kappa shape index (κ2) is 13.4. The number of sulfonamides is 1. The molecular weight excluding hydrogens is 426 g/mol. The molecule has 0 unspecified atom stereocenters. The summed E-state index contributed by atoms with van der Waals surface area (Å²) in [5.41, 5.74) is -0.0748. The number of ether oxygens (including phenoxy) is 4. The second-order valence-electron chi connectivity index (χ2n) is 7.32. The summed E-state index contributed by atoms with van der Waals surface area (Å²) in [5.74, 6) is -0.854. The number of benzene rings is 1. The van der Waals surface area contributed by atoms with E-state index < -0.39 is 27.5 Å². The van der Waals surface area contributed by atoms with Gasteiger partial charge >= 0.3 is 11.9 Å².